The largest absolute Gasteiger partial charge is 0.379 e. The number of amides is 3. The highest BCUT2D eigenvalue weighted by molar-refractivity contribution is 6.04. The predicted octanol–water partition coefficient (Wildman–Crippen LogP) is 3.61. The minimum atomic E-state index is -0.334. The maximum atomic E-state index is 13.2. The lowest BCUT2D eigenvalue weighted by Gasteiger charge is -2.26. The van der Waals surface area contributed by atoms with Crippen molar-refractivity contribution in [1.29, 1.82) is 0 Å². The molecule has 2 saturated heterocycles. The Kier molecular flexibility index (Phi) is 8.03. The van der Waals surface area contributed by atoms with Crippen LogP contribution in [0.3, 0.4) is 0 Å². The van der Waals surface area contributed by atoms with Gasteiger partial charge < -0.3 is 25.6 Å². The third-order valence-corrected chi connectivity index (χ3v) is 6.39. The Hall–Kier alpha value is -3.10. The summed E-state index contributed by atoms with van der Waals surface area (Å²) in [5.41, 5.74) is 5.00. The summed E-state index contributed by atoms with van der Waals surface area (Å²) in [4.78, 5) is 30.3. The van der Waals surface area contributed by atoms with Crippen LogP contribution >= 0.6 is 0 Å². The van der Waals surface area contributed by atoms with E-state index in [4.69, 9.17) is 4.74 Å². The van der Waals surface area contributed by atoms with Crippen molar-refractivity contribution in [3.05, 3.63) is 53.1 Å². The van der Waals surface area contributed by atoms with Gasteiger partial charge in [-0.3, -0.25) is 9.69 Å². The summed E-state index contributed by atoms with van der Waals surface area (Å²) < 4.78 is 5.39. The molecule has 2 aromatic rings. The zero-order valence-corrected chi connectivity index (χ0v) is 20.2. The Morgan fingerprint density at radius 1 is 0.941 bits per heavy atom. The molecule has 8 nitrogen and oxygen atoms in total. The number of anilines is 3. The van der Waals surface area contributed by atoms with Crippen molar-refractivity contribution in [1.82, 2.24) is 10.2 Å². The second-order valence-corrected chi connectivity index (χ2v) is 9.03. The third-order valence-electron chi connectivity index (χ3n) is 6.39. The molecule has 34 heavy (non-hydrogen) atoms. The van der Waals surface area contributed by atoms with Gasteiger partial charge in [0.05, 0.1) is 18.8 Å². The van der Waals surface area contributed by atoms with E-state index in [9.17, 15) is 9.59 Å². The smallest absolute Gasteiger partial charge is 0.323 e. The van der Waals surface area contributed by atoms with E-state index in [1.807, 2.05) is 44.2 Å². The molecule has 0 saturated carbocycles. The molecule has 2 heterocycles. The molecule has 2 aliphatic heterocycles. The first-order chi connectivity index (χ1) is 16.5. The van der Waals surface area contributed by atoms with Crippen LogP contribution in [0.4, 0.5) is 21.9 Å². The van der Waals surface area contributed by atoms with E-state index in [0.717, 1.165) is 81.3 Å². The normalized spacial score (nSPS) is 16.4. The molecule has 0 spiro atoms. The number of nitrogens with zero attached hydrogens (tertiary/aromatic N) is 2. The molecule has 3 N–H and O–H groups in total. The number of rotatable bonds is 7. The fourth-order valence-corrected chi connectivity index (χ4v) is 4.52. The number of nitrogens with one attached hydrogen (secondary N) is 3. The van der Waals surface area contributed by atoms with Gasteiger partial charge in [-0.15, -0.1) is 0 Å². The number of hydrogen-bond donors (Lipinski definition) is 3. The molecule has 2 aromatic carbocycles. The summed E-state index contributed by atoms with van der Waals surface area (Å²) in [6.45, 7) is 10.5. The molecule has 0 radical (unpaired) electrons. The topological polar surface area (TPSA) is 85.9 Å². The van der Waals surface area contributed by atoms with Gasteiger partial charge in [0.15, 0.2) is 0 Å². The van der Waals surface area contributed by atoms with Gasteiger partial charge in [-0.1, -0.05) is 17.7 Å². The molecule has 182 valence electrons. The highest BCUT2D eigenvalue weighted by atomic mass is 16.5. The van der Waals surface area contributed by atoms with Crippen LogP contribution in [-0.4, -0.2) is 69.3 Å². The van der Waals surface area contributed by atoms with Crippen molar-refractivity contribution in [2.24, 2.45) is 0 Å². The number of carbonyl (C=O) groups excluding carboxylic acids is 2. The van der Waals surface area contributed by atoms with Gasteiger partial charge in [0.1, 0.15) is 0 Å². The van der Waals surface area contributed by atoms with Gasteiger partial charge in [0.25, 0.3) is 5.91 Å². The van der Waals surface area contributed by atoms with Crippen molar-refractivity contribution >= 4 is 29.0 Å². The Morgan fingerprint density at radius 3 is 2.44 bits per heavy atom. The summed E-state index contributed by atoms with van der Waals surface area (Å²) in [6.07, 6.45) is 2.24. The summed E-state index contributed by atoms with van der Waals surface area (Å²) in [5.74, 6) is -0.117. The maximum Gasteiger partial charge on any atom is 0.323 e. The van der Waals surface area contributed by atoms with Gasteiger partial charge in [-0.25, -0.2) is 4.79 Å². The summed E-state index contributed by atoms with van der Waals surface area (Å²) >= 11 is 0. The highest BCUT2D eigenvalue weighted by Gasteiger charge is 2.21. The Bertz CT molecular complexity index is 1010. The Morgan fingerprint density at radius 2 is 1.71 bits per heavy atom. The zero-order chi connectivity index (χ0) is 23.9. The van der Waals surface area contributed by atoms with Crippen LogP contribution in [-0.2, 0) is 4.74 Å². The number of carbonyl (C=O) groups is 2. The molecule has 2 fully saturated rings. The monoisotopic (exact) mass is 465 g/mol. The SMILES string of the molecule is Cc1ccc(NC(=O)Nc2ccc(N3CCCC3)c(C(=O)NCCN3CCOCC3)c2)c(C)c1. The molecule has 0 unspecified atom stereocenters. The number of ether oxygens (including phenoxy) is 1. The number of morpholine rings is 1. The summed E-state index contributed by atoms with van der Waals surface area (Å²) in [6, 6.07) is 11.1. The number of urea groups is 1. The molecular weight excluding hydrogens is 430 g/mol. The molecule has 8 heteroatoms. The van der Waals surface area contributed by atoms with E-state index in [-0.39, 0.29) is 11.9 Å². The predicted molar refractivity (Wildman–Crippen MR) is 136 cm³/mol. The van der Waals surface area contributed by atoms with E-state index < -0.39 is 0 Å². The average molecular weight is 466 g/mol. The zero-order valence-electron chi connectivity index (χ0n) is 20.2. The van der Waals surface area contributed by atoms with E-state index in [1.165, 1.54) is 0 Å². The minimum Gasteiger partial charge on any atom is -0.379 e. The van der Waals surface area contributed by atoms with Gasteiger partial charge >= 0.3 is 6.03 Å². The lowest BCUT2D eigenvalue weighted by Crippen LogP contribution is -2.41. The van der Waals surface area contributed by atoms with Crippen molar-refractivity contribution in [3.63, 3.8) is 0 Å². The number of aryl methyl sites for hydroxylation is 2. The van der Waals surface area contributed by atoms with E-state index >= 15 is 0 Å². The molecule has 2 aliphatic rings. The van der Waals surface area contributed by atoms with Crippen molar-refractivity contribution in [2.45, 2.75) is 26.7 Å². The lowest BCUT2D eigenvalue weighted by atomic mass is 10.1. The number of benzene rings is 2. The fourth-order valence-electron chi connectivity index (χ4n) is 4.52. The van der Waals surface area contributed by atoms with Gasteiger partial charge in [0, 0.05) is 56.3 Å². The van der Waals surface area contributed by atoms with Crippen LogP contribution < -0.4 is 20.9 Å². The molecule has 0 atom stereocenters. The first-order valence-corrected chi connectivity index (χ1v) is 12.1. The van der Waals surface area contributed by atoms with E-state index in [1.54, 1.807) is 6.07 Å². The first-order valence-electron chi connectivity index (χ1n) is 12.1. The standard InChI is InChI=1S/C26H35N5O3/c1-19-5-7-23(20(2)17-19)29-26(33)28-21-6-8-24(31-10-3-4-11-31)22(18-21)25(32)27-9-12-30-13-15-34-16-14-30/h5-8,17-18H,3-4,9-16H2,1-2H3,(H,27,32)(H2,28,29,33). The Balaban J connectivity index is 1.43. The van der Waals surface area contributed by atoms with Crippen LogP contribution in [0.5, 0.6) is 0 Å². The fraction of sp³-hybridized carbons (Fsp3) is 0.462. The van der Waals surface area contributed by atoms with Crippen molar-refractivity contribution in [3.8, 4) is 0 Å². The van der Waals surface area contributed by atoms with Crippen LogP contribution in [0.1, 0.15) is 34.3 Å². The highest BCUT2D eigenvalue weighted by Crippen LogP contribution is 2.28. The maximum absolute atomic E-state index is 13.2. The number of hydrogen-bond acceptors (Lipinski definition) is 5. The van der Waals surface area contributed by atoms with E-state index in [0.29, 0.717) is 17.8 Å². The second-order valence-electron chi connectivity index (χ2n) is 9.03. The van der Waals surface area contributed by atoms with E-state index in [2.05, 4.69) is 25.8 Å². The Labute approximate surface area is 201 Å². The van der Waals surface area contributed by atoms with Crippen LogP contribution in [0.2, 0.25) is 0 Å². The van der Waals surface area contributed by atoms with Crippen LogP contribution in [0.15, 0.2) is 36.4 Å². The average Bonchev–Trinajstić information content (AvgIpc) is 3.36. The van der Waals surface area contributed by atoms with Gasteiger partial charge in [0.2, 0.25) is 0 Å². The molecule has 3 amide bonds. The van der Waals surface area contributed by atoms with Gasteiger partial charge in [-0.05, 0) is 56.5 Å². The van der Waals surface area contributed by atoms with Gasteiger partial charge in [-0.2, -0.15) is 0 Å². The van der Waals surface area contributed by atoms with Crippen molar-refractivity contribution < 1.29 is 14.3 Å². The molecule has 4 rings (SSSR count). The molecule has 0 bridgehead atoms. The molecule has 0 aliphatic carbocycles. The second kappa shape index (κ2) is 11.4. The van der Waals surface area contributed by atoms with Crippen LogP contribution in [0.25, 0.3) is 0 Å². The van der Waals surface area contributed by atoms with Crippen molar-refractivity contribution in [2.75, 3.05) is 68.0 Å². The first kappa shape index (κ1) is 24.0. The summed E-state index contributed by atoms with van der Waals surface area (Å²) in [5, 5.41) is 8.85. The lowest BCUT2D eigenvalue weighted by molar-refractivity contribution is 0.0383. The third kappa shape index (κ3) is 6.27. The van der Waals surface area contributed by atoms with Crippen LogP contribution in [0, 0.1) is 13.8 Å². The summed E-state index contributed by atoms with van der Waals surface area (Å²) in [7, 11) is 0. The molecule has 0 aromatic heterocycles. The quantitative estimate of drug-likeness (QED) is 0.582. The molecular formula is C26H35N5O3. The minimum absolute atomic E-state index is 0.117.